The summed E-state index contributed by atoms with van der Waals surface area (Å²) in [5.74, 6) is 1.38. The van der Waals surface area contributed by atoms with Gasteiger partial charge in [0.25, 0.3) is 0 Å². The van der Waals surface area contributed by atoms with E-state index in [0.717, 1.165) is 37.2 Å². The van der Waals surface area contributed by atoms with Gasteiger partial charge in [0, 0.05) is 19.1 Å². The number of benzene rings is 1. The van der Waals surface area contributed by atoms with Crippen molar-refractivity contribution in [2.45, 2.75) is 31.5 Å². The Morgan fingerprint density at radius 1 is 1.41 bits per heavy atom. The normalized spacial score (nSPS) is 21.8. The lowest BCUT2D eigenvalue weighted by Gasteiger charge is -2.23. The third-order valence-corrected chi connectivity index (χ3v) is 3.73. The van der Waals surface area contributed by atoms with Crippen LogP contribution < -0.4 is 4.74 Å². The Hall–Kier alpha value is -1.06. The zero-order valence-electron chi connectivity index (χ0n) is 10.1. The summed E-state index contributed by atoms with van der Waals surface area (Å²) in [6.45, 7) is 0.722. The molecule has 1 aromatic carbocycles. The van der Waals surface area contributed by atoms with E-state index in [9.17, 15) is 5.11 Å². The second-order valence-electron chi connectivity index (χ2n) is 4.92. The van der Waals surface area contributed by atoms with E-state index in [-0.39, 0.29) is 6.10 Å². The van der Waals surface area contributed by atoms with E-state index in [1.165, 1.54) is 5.56 Å². The maximum atomic E-state index is 10.4. The molecule has 1 aromatic rings. The van der Waals surface area contributed by atoms with Gasteiger partial charge in [-0.2, -0.15) is 0 Å². The molecule has 1 saturated carbocycles. The number of methoxy groups -OCH3 is 1. The molecule has 2 unspecified atom stereocenters. The molecular formula is C14H18O3. The number of aliphatic hydroxyl groups is 1. The highest BCUT2D eigenvalue weighted by Gasteiger charge is 2.38. The van der Waals surface area contributed by atoms with Crippen LogP contribution >= 0.6 is 0 Å². The maximum absolute atomic E-state index is 10.4. The van der Waals surface area contributed by atoms with Crippen molar-refractivity contribution in [1.82, 2.24) is 0 Å². The first-order valence-electron chi connectivity index (χ1n) is 6.26. The molecule has 3 nitrogen and oxygen atoms in total. The molecule has 1 N–H and O–H groups in total. The van der Waals surface area contributed by atoms with E-state index >= 15 is 0 Å². The minimum Gasteiger partial charge on any atom is -0.493 e. The third kappa shape index (κ3) is 1.94. The minimum absolute atomic E-state index is 0.0919. The Labute approximate surface area is 101 Å². The van der Waals surface area contributed by atoms with Crippen LogP contribution in [0.15, 0.2) is 18.2 Å². The van der Waals surface area contributed by atoms with Crippen LogP contribution in [-0.2, 0) is 11.2 Å². The predicted molar refractivity (Wildman–Crippen MR) is 64.1 cm³/mol. The standard InChI is InChI=1S/C14H18O3/c1-16-14(10-5-6-10)12(15)11-4-2-3-9-7-8-17-13(9)11/h2-4,10,12,14-15H,5-8H2,1H3. The molecule has 3 heteroatoms. The molecule has 0 saturated heterocycles. The monoisotopic (exact) mass is 234 g/mol. The summed E-state index contributed by atoms with van der Waals surface area (Å²) in [7, 11) is 1.68. The van der Waals surface area contributed by atoms with Gasteiger partial charge in [-0.15, -0.1) is 0 Å². The van der Waals surface area contributed by atoms with Crippen molar-refractivity contribution >= 4 is 0 Å². The summed E-state index contributed by atoms with van der Waals surface area (Å²) in [6, 6.07) is 6.01. The van der Waals surface area contributed by atoms with Crippen molar-refractivity contribution in [2.75, 3.05) is 13.7 Å². The van der Waals surface area contributed by atoms with Crippen LogP contribution in [0.2, 0.25) is 0 Å². The largest absolute Gasteiger partial charge is 0.493 e. The van der Waals surface area contributed by atoms with E-state index < -0.39 is 6.10 Å². The second-order valence-corrected chi connectivity index (χ2v) is 4.92. The zero-order valence-corrected chi connectivity index (χ0v) is 10.1. The summed E-state index contributed by atoms with van der Waals surface area (Å²) in [5, 5.41) is 10.4. The first kappa shape index (κ1) is 11.1. The van der Waals surface area contributed by atoms with Gasteiger partial charge < -0.3 is 14.6 Å². The summed E-state index contributed by atoms with van der Waals surface area (Å²) in [6.07, 6.45) is 2.60. The number of rotatable bonds is 4. The molecule has 1 fully saturated rings. The molecule has 1 heterocycles. The fraction of sp³-hybridized carbons (Fsp3) is 0.571. The van der Waals surface area contributed by atoms with Crippen LogP contribution in [0.4, 0.5) is 0 Å². The summed E-state index contributed by atoms with van der Waals surface area (Å²) < 4.78 is 11.1. The molecular weight excluding hydrogens is 216 g/mol. The molecule has 0 spiro atoms. The lowest BCUT2D eigenvalue weighted by atomic mass is 9.98. The van der Waals surface area contributed by atoms with Crippen LogP contribution in [0, 0.1) is 5.92 Å². The quantitative estimate of drug-likeness (QED) is 0.867. The number of hydrogen-bond acceptors (Lipinski definition) is 3. The maximum Gasteiger partial charge on any atom is 0.128 e. The van der Waals surface area contributed by atoms with Crippen LogP contribution in [-0.4, -0.2) is 24.9 Å². The number of aliphatic hydroxyl groups excluding tert-OH is 1. The predicted octanol–water partition coefficient (Wildman–Crippen LogP) is 2.08. The van der Waals surface area contributed by atoms with Gasteiger partial charge in [0.05, 0.1) is 12.7 Å². The van der Waals surface area contributed by atoms with E-state index in [1.54, 1.807) is 7.11 Å². The Bertz CT molecular complexity index is 412. The van der Waals surface area contributed by atoms with Crippen LogP contribution in [0.1, 0.15) is 30.1 Å². The topological polar surface area (TPSA) is 38.7 Å². The van der Waals surface area contributed by atoms with E-state index in [4.69, 9.17) is 9.47 Å². The van der Waals surface area contributed by atoms with Crippen molar-refractivity contribution < 1.29 is 14.6 Å². The second kappa shape index (κ2) is 4.31. The molecule has 2 atom stereocenters. The zero-order chi connectivity index (χ0) is 11.8. The van der Waals surface area contributed by atoms with E-state index in [1.807, 2.05) is 12.1 Å². The summed E-state index contributed by atoms with van der Waals surface area (Å²) >= 11 is 0. The molecule has 2 aliphatic rings. The Morgan fingerprint density at radius 3 is 2.94 bits per heavy atom. The van der Waals surface area contributed by atoms with Crippen molar-refractivity contribution in [3.8, 4) is 5.75 Å². The molecule has 0 bridgehead atoms. The Morgan fingerprint density at radius 2 is 2.24 bits per heavy atom. The number of ether oxygens (including phenoxy) is 2. The summed E-state index contributed by atoms with van der Waals surface area (Å²) in [5.41, 5.74) is 2.09. The van der Waals surface area contributed by atoms with Gasteiger partial charge in [0.1, 0.15) is 11.9 Å². The molecule has 0 aromatic heterocycles. The Balaban J connectivity index is 1.90. The van der Waals surface area contributed by atoms with E-state index in [2.05, 4.69) is 6.07 Å². The highest BCUT2D eigenvalue weighted by atomic mass is 16.5. The smallest absolute Gasteiger partial charge is 0.128 e. The molecule has 0 radical (unpaired) electrons. The molecule has 1 aliphatic carbocycles. The van der Waals surface area contributed by atoms with Gasteiger partial charge in [-0.1, -0.05) is 18.2 Å². The van der Waals surface area contributed by atoms with Gasteiger partial charge in [-0.25, -0.2) is 0 Å². The highest BCUT2D eigenvalue weighted by Crippen LogP contribution is 2.43. The van der Waals surface area contributed by atoms with Crippen molar-refractivity contribution in [1.29, 1.82) is 0 Å². The van der Waals surface area contributed by atoms with Gasteiger partial charge in [-0.3, -0.25) is 0 Å². The van der Waals surface area contributed by atoms with Crippen LogP contribution in [0.25, 0.3) is 0 Å². The fourth-order valence-corrected chi connectivity index (χ4v) is 2.65. The molecule has 17 heavy (non-hydrogen) atoms. The molecule has 0 amide bonds. The van der Waals surface area contributed by atoms with Crippen LogP contribution in [0.5, 0.6) is 5.75 Å². The molecule has 92 valence electrons. The van der Waals surface area contributed by atoms with Crippen LogP contribution in [0.3, 0.4) is 0 Å². The van der Waals surface area contributed by atoms with Crippen molar-refractivity contribution in [3.63, 3.8) is 0 Å². The molecule has 1 aliphatic heterocycles. The van der Waals surface area contributed by atoms with Gasteiger partial charge >= 0.3 is 0 Å². The van der Waals surface area contributed by atoms with Gasteiger partial charge in [0.15, 0.2) is 0 Å². The lowest BCUT2D eigenvalue weighted by molar-refractivity contribution is -0.0268. The average molecular weight is 234 g/mol. The lowest BCUT2D eigenvalue weighted by Crippen LogP contribution is -2.23. The third-order valence-electron chi connectivity index (χ3n) is 3.73. The number of para-hydroxylation sites is 1. The summed E-state index contributed by atoms with van der Waals surface area (Å²) in [4.78, 5) is 0. The Kier molecular flexibility index (Phi) is 2.81. The average Bonchev–Trinajstić information content (AvgIpc) is 3.06. The SMILES string of the molecule is COC(C1CC1)C(O)c1cccc2c1OCC2. The number of hydrogen-bond donors (Lipinski definition) is 1. The first-order valence-corrected chi connectivity index (χ1v) is 6.26. The fourth-order valence-electron chi connectivity index (χ4n) is 2.65. The first-order chi connectivity index (χ1) is 8.31. The van der Waals surface area contributed by atoms with Gasteiger partial charge in [-0.05, 0) is 24.3 Å². The minimum atomic E-state index is -0.569. The van der Waals surface area contributed by atoms with Crippen molar-refractivity contribution in [2.24, 2.45) is 5.92 Å². The number of fused-ring (bicyclic) bond motifs is 1. The molecule has 3 rings (SSSR count). The van der Waals surface area contributed by atoms with Crippen molar-refractivity contribution in [3.05, 3.63) is 29.3 Å². The highest BCUT2D eigenvalue weighted by molar-refractivity contribution is 5.45. The van der Waals surface area contributed by atoms with E-state index in [0.29, 0.717) is 5.92 Å². The van der Waals surface area contributed by atoms with Gasteiger partial charge in [0.2, 0.25) is 0 Å².